The van der Waals surface area contributed by atoms with Crippen molar-refractivity contribution < 1.29 is 4.79 Å². The van der Waals surface area contributed by atoms with E-state index in [-0.39, 0.29) is 5.91 Å². The maximum Gasteiger partial charge on any atom is 0.226 e. The first-order chi connectivity index (χ1) is 12.2. The van der Waals surface area contributed by atoms with E-state index in [0.717, 1.165) is 22.0 Å². The number of aryl methyl sites for hydroxylation is 1. The van der Waals surface area contributed by atoms with Crippen LogP contribution >= 0.6 is 23.1 Å². The lowest BCUT2D eigenvalue weighted by Gasteiger charge is -2.04. The summed E-state index contributed by atoms with van der Waals surface area (Å²) in [5, 5.41) is 5.90. The van der Waals surface area contributed by atoms with Crippen molar-refractivity contribution in [2.75, 3.05) is 12.3 Å². The van der Waals surface area contributed by atoms with Crippen LogP contribution in [0.1, 0.15) is 11.3 Å². The Hall–Kier alpha value is -2.11. The van der Waals surface area contributed by atoms with Crippen LogP contribution in [-0.2, 0) is 11.2 Å². The number of thioether (sulfide) groups is 1. The van der Waals surface area contributed by atoms with Crippen molar-refractivity contribution >= 4 is 29.0 Å². The molecule has 3 rings (SSSR count). The number of amides is 1. The zero-order chi connectivity index (χ0) is 17.5. The SMILES string of the molecule is Cc1cccc(-c2nc(CC(=O)NCCSc3ccccc3)cs2)c1. The van der Waals surface area contributed by atoms with Gasteiger partial charge < -0.3 is 5.32 Å². The Morgan fingerprint density at radius 1 is 1.16 bits per heavy atom. The van der Waals surface area contributed by atoms with Crippen LogP contribution < -0.4 is 5.32 Å². The molecule has 0 fully saturated rings. The highest BCUT2D eigenvalue weighted by Crippen LogP contribution is 2.24. The van der Waals surface area contributed by atoms with Gasteiger partial charge in [0.2, 0.25) is 5.91 Å². The lowest BCUT2D eigenvalue weighted by Crippen LogP contribution is -2.27. The van der Waals surface area contributed by atoms with E-state index in [0.29, 0.717) is 13.0 Å². The van der Waals surface area contributed by atoms with Gasteiger partial charge in [-0.15, -0.1) is 23.1 Å². The van der Waals surface area contributed by atoms with Crippen LogP contribution in [-0.4, -0.2) is 23.2 Å². The van der Waals surface area contributed by atoms with Crippen molar-refractivity contribution in [2.45, 2.75) is 18.2 Å². The van der Waals surface area contributed by atoms with Gasteiger partial charge in [-0.25, -0.2) is 4.98 Å². The normalized spacial score (nSPS) is 10.6. The predicted molar refractivity (Wildman–Crippen MR) is 106 cm³/mol. The highest BCUT2D eigenvalue weighted by molar-refractivity contribution is 7.99. The highest BCUT2D eigenvalue weighted by Gasteiger charge is 2.09. The van der Waals surface area contributed by atoms with Crippen molar-refractivity contribution in [3.05, 3.63) is 71.2 Å². The summed E-state index contributed by atoms with van der Waals surface area (Å²) in [6.07, 6.45) is 0.332. The molecule has 1 N–H and O–H groups in total. The average molecular weight is 369 g/mol. The molecule has 1 amide bonds. The van der Waals surface area contributed by atoms with Crippen molar-refractivity contribution in [1.82, 2.24) is 10.3 Å². The first kappa shape index (κ1) is 17.7. The smallest absolute Gasteiger partial charge is 0.226 e. The molecular formula is C20H20N2OS2. The molecule has 0 aliphatic rings. The van der Waals surface area contributed by atoms with E-state index in [1.807, 2.05) is 29.6 Å². The number of rotatable bonds is 7. The Bertz CT molecular complexity index is 830. The van der Waals surface area contributed by atoms with Gasteiger partial charge in [0.15, 0.2) is 0 Å². The molecule has 1 aromatic heterocycles. The third kappa shape index (κ3) is 5.44. The topological polar surface area (TPSA) is 42.0 Å². The van der Waals surface area contributed by atoms with Crippen LogP contribution in [0.25, 0.3) is 10.6 Å². The second-order valence-electron chi connectivity index (χ2n) is 5.70. The summed E-state index contributed by atoms with van der Waals surface area (Å²) in [5.74, 6) is 0.885. The molecule has 0 atom stereocenters. The molecule has 0 spiro atoms. The number of nitrogens with one attached hydrogen (secondary N) is 1. The molecule has 128 valence electrons. The van der Waals surface area contributed by atoms with Crippen molar-refractivity contribution in [3.8, 4) is 10.6 Å². The maximum absolute atomic E-state index is 12.1. The minimum absolute atomic E-state index is 0.0229. The third-order valence-electron chi connectivity index (χ3n) is 3.59. The summed E-state index contributed by atoms with van der Waals surface area (Å²) < 4.78 is 0. The summed E-state index contributed by atoms with van der Waals surface area (Å²) >= 11 is 3.33. The summed E-state index contributed by atoms with van der Waals surface area (Å²) in [4.78, 5) is 17.9. The number of aromatic nitrogens is 1. The summed E-state index contributed by atoms with van der Waals surface area (Å²) in [6, 6.07) is 18.5. The fraction of sp³-hybridized carbons (Fsp3) is 0.200. The van der Waals surface area contributed by atoms with Gasteiger partial charge in [-0.05, 0) is 25.1 Å². The zero-order valence-electron chi connectivity index (χ0n) is 14.1. The molecule has 0 saturated carbocycles. The lowest BCUT2D eigenvalue weighted by molar-refractivity contribution is -0.120. The van der Waals surface area contributed by atoms with Gasteiger partial charge in [-0.1, -0.05) is 42.0 Å². The van der Waals surface area contributed by atoms with Crippen LogP contribution in [0.3, 0.4) is 0 Å². The van der Waals surface area contributed by atoms with E-state index in [1.54, 1.807) is 23.1 Å². The molecule has 5 heteroatoms. The molecule has 0 aliphatic carbocycles. The van der Waals surface area contributed by atoms with Crippen LogP contribution in [0.15, 0.2) is 64.9 Å². The monoisotopic (exact) mass is 368 g/mol. The molecule has 0 saturated heterocycles. The van der Waals surface area contributed by atoms with E-state index < -0.39 is 0 Å². The van der Waals surface area contributed by atoms with Gasteiger partial charge in [0, 0.05) is 28.1 Å². The molecule has 1 heterocycles. The third-order valence-corrected chi connectivity index (χ3v) is 5.55. The Morgan fingerprint density at radius 3 is 2.80 bits per heavy atom. The van der Waals surface area contributed by atoms with E-state index in [4.69, 9.17) is 0 Å². The molecular weight excluding hydrogens is 348 g/mol. The zero-order valence-corrected chi connectivity index (χ0v) is 15.7. The number of carbonyl (C=O) groups excluding carboxylic acids is 1. The Labute approximate surface area is 156 Å². The van der Waals surface area contributed by atoms with E-state index in [9.17, 15) is 4.79 Å². The Balaban J connectivity index is 1.45. The van der Waals surface area contributed by atoms with E-state index >= 15 is 0 Å². The van der Waals surface area contributed by atoms with E-state index in [2.05, 4.69) is 47.6 Å². The summed E-state index contributed by atoms with van der Waals surface area (Å²) in [5.41, 5.74) is 3.15. The summed E-state index contributed by atoms with van der Waals surface area (Å²) in [7, 11) is 0. The molecule has 3 aromatic rings. The van der Waals surface area contributed by atoms with Gasteiger partial charge in [0.05, 0.1) is 12.1 Å². The molecule has 2 aromatic carbocycles. The van der Waals surface area contributed by atoms with Gasteiger partial charge in [-0.2, -0.15) is 0 Å². The minimum Gasteiger partial charge on any atom is -0.355 e. The van der Waals surface area contributed by atoms with Gasteiger partial charge in [-0.3, -0.25) is 4.79 Å². The first-order valence-electron chi connectivity index (χ1n) is 8.17. The van der Waals surface area contributed by atoms with Crippen molar-refractivity contribution in [1.29, 1.82) is 0 Å². The lowest BCUT2D eigenvalue weighted by atomic mass is 10.1. The Kier molecular flexibility index (Phi) is 6.25. The molecule has 0 unspecified atom stereocenters. The van der Waals surface area contributed by atoms with Crippen LogP contribution in [0, 0.1) is 6.92 Å². The molecule has 0 bridgehead atoms. The molecule has 0 aliphatic heterocycles. The number of thiazole rings is 1. The second-order valence-corrected chi connectivity index (χ2v) is 7.73. The fourth-order valence-electron chi connectivity index (χ4n) is 2.40. The fourth-order valence-corrected chi connectivity index (χ4v) is 4.01. The summed E-state index contributed by atoms with van der Waals surface area (Å²) in [6.45, 7) is 2.73. The van der Waals surface area contributed by atoms with Gasteiger partial charge in [0.1, 0.15) is 5.01 Å². The number of nitrogens with zero attached hydrogens (tertiary/aromatic N) is 1. The van der Waals surface area contributed by atoms with Crippen molar-refractivity contribution in [2.24, 2.45) is 0 Å². The van der Waals surface area contributed by atoms with Crippen molar-refractivity contribution in [3.63, 3.8) is 0 Å². The van der Waals surface area contributed by atoms with Gasteiger partial charge >= 0.3 is 0 Å². The quantitative estimate of drug-likeness (QED) is 0.491. The largest absolute Gasteiger partial charge is 0.355 e. The number of hydrogen-bond donors (Lipinski definition) is 1. The maximum atomic E-state index is 12.1. The Morgan fingerprint density at radius 2 is 2.00 bits per heavy atom. The van der Waals surface area contributed by atoms with Crippen LogP contribution in [0.2, 0.25) is 0 Å². The predicted octanol–water partition coefficient (Wildman–Crippen LogP) is 4.57. The van der Waals surface area contributed by atoms with Gasteiger partial charge in [0.25, 0.3) is 0 Å². The number of benzene rings is 2. The number of hydrogen-bond acceptors (Lipinski definition) is 4. The average Bonchev–Trinajstić information content (AvgIpc) is 3.08. The standard InChI is InChI=1S/C20H20N2OS2/c1-15-6-5-7-16(12-15)20-22-17(14-25-20)13-19(23)21-10-11-24-18-8-3-2-4-9-18/h2-9,12,14H,10-11,13H2,1H3,(H,21,23). The molecule has 3 nitrogen and oxygen atoms in total. The minimum atomic E-state index is 0.0229. The van der Waals surface area contributed by atoms with Crippen LogP contribution in [0.4, 0.5) is 0 Å². The first-order valence-corrected chi connectivity index (χ1v) is 10.0. The molecule has 0 radical (unpaired) electrons. The van der Waals surface area contributed by atoms with E-state index in [1.165, 1.54) is 10.5 Å². The highest BCUT2D eigenvalue weighted by atomic mass is 32.2. The molecule has 25 heavy (non-hydrogen) atoms. The number of carbonyl (C=O) groups is 1. The van der Waals surface area contributed by atoms with Crippen LogP contribution in [0.5, 0.6) is 0 Å². The second kappa shape index (κ2) is 8.83.